The van der Waals surface area contributed by atoms with Crippen LogP contribution in [0.2, 0.25) is 0 Å². The average Bonchev–Trinajstić information content (AvgIpc) is 2.17. The third kappa shape index (κ3) is 2.46. The zero-order chi connectivity index (χ0) is 11.4. The molecule has 0 unspecified atom stereocenters. The van der Waals surface area contributed by atoms with Gasteiger partial charge >= 0.3 is 11.9 Å². The highest BCUT2D eigenvalue weighted by Gasteiger charge is 2.17. The minimum atomic E-state index is -1.24. The minimum Gasteiger partial charge on any atom is -0.508 e. The Morgan fingerprint density at radius 1 is 1.33 bits per heavy atom. The molecule has 5 nitrogen and oxygen atoms in total. The number of benzene rings is 1. The van der Waals surface area contributed by atoms with Crippen LogP contribution in [-0.4, -0.2) is 28.8 Å². The van der Waals surface area contributed by atoms with E-state index in [1.807, 2.05) is 0 Å². The molecule has 0 radical (unpaired) electrons. The van der Waals surface area contributed by atoms with Crippen LogP contribution in [0, 0.1) is 0 Å². The van der Waals surface area contributed by atoms with Crippen molar-refractivity contribution in [2.45, 2.75) is 6.92 Å². The van der Waals surface area contributed by atoms with Crippen molar-refractivity contribution in [2.75, 3.05) is 6.61 Å². The van der Waals surface area contributed by atoms with Gasteiger partial charge < -0.3 is 14.9 Å². The number of carbonyl (C=O) groups is 2. The van der Waals surface area contributed by atoms with Gasteiger partial charge in [0.2, 0.25) is 0 Å². The molecule has 1 aromatic carbocycles. The van der Waals surface area contributed by atoms with E-state index in [0.717, 1.165) is 12.1 Å². The standard InChI is InChI=1S/C10H10O5/c1-2-15-10(14)8-5-6(11)3-4-7(8)9(12)13/h3-5,11H,2H2,1H3,(H,12,13). The van der Waals surface area contributed by atoms with Crippen molar-refractivity contribution in [1.82, 2.24) is 0 Å². The number of carbonyl (C=O) groups excluding carboxylic acids is 1. The van der Waals surface area contributed by atoms with Crippen molar-refractivity contribution < 1.29 is 24.5 Å². The summed E-state index contributed by atoms with van der Waals surface area (Å²) in [7, 11) is 0. The topological polar surface area (TPSA) is 83.8 Å². The van der Waals surface area contributed by atoms with Crippen molar-refractivity contribution in [3.8, 4) is 5.75 Å². The monoisotopic (exact) mass is 210 g/mol. The number of hydrogen-bond acceptors (Lipinski definition) is 4. The highest BCUT2D eigenvalue weighted by atomic mass is 16.5. The molecule has 0 fully saturated rings. The van der Waals surface area contributed by atoms with Crippen LogP contribution in [0.1, 0.15) is 27.6 Å². The lowest BCUT2D eigenvalue weighted by Gasteiger charge is -2.05. The van der Waals surface area contributed by atoms with Crippen LogP contribution >= 0.6 is 0 Å². The van der Waals surface area contributed by atoms with E-state index < -0.39 is 11.9 Å². The number of esters is 1. The first-order chi connectivity index (χ1) is 7.06. The van der Waals surface area contributed by atoms with Gasteiger partial charge in [-0.3, -0.25) is 0 Å². The Morgan fingerprint density at radius 2 is 2.00 bits per heavy atom. The Hall–Kier alpha value is -2.04. The Morgan fingerprint density at radius 3 is 2.53 bits per heavy atom. The molecule has 5 heteroatoms. The second-order valence-electron chi connectivity index (χ2n) is 2.76. The summed E-state index contributed by atoms with van der Waals surface area (Å²) in [5.41, 5.74) is -0.337. The summed E-state index contributed by atoms with van der Waals surface area (Å²) in [5.74, 6) is -2.17. The molecule has 0 heterocycles. The van der Waals surface area contributed by atoms with Crippen LogP contribution < -0.4 is 0 Å². The summed E-state index contributed by atoms with van der Waals surface area (Å²) >= 11 is 0. The summed E-state index contributed by atoms with van der Waals surface area (Å²) in [4.78, 5) is 22.1. The fourth-order valence-corrected chi connectivity index (χ4v) is 1.10. The molecule has 0 bridgehead atoms. The molecule has 0 aliphatic carbocycles. The molecule has 0 spiro atoms. The molecule has 1 aromatic rings. The normalized spacial score (nSPS) is 9.67. The average molecular weight is 210 g/mol. The number of phenolic OH excluding ortho intramolecular Hbond substituents is 1. The number of rotatable bonds is 3. The number of aromatic hydroxyl groups is 1. The second kappa shape index (κ2) is 4.45. The molecule has 15 heavy (non-hydrogen) atoms. The number of hydrogen-bond donors (Lipinski definition) is 2. The number of aromatic carboxylic acids is 1. The summed E-state index contributed by atoms with van der Waals surface area (Å²) in [6.45, 7) is 1.76. The predicted molar refractivity (Wildman–Crippen MR) is 51.0 cm³/mol. The van der Waals surface area contributed by atoms with Crippen molar-refractivity contribution in [3.05, 3.63) is 29.3 Å². The van der Waals surface area contributed by atoms with E-state index in [1.165, 1.54) is 6.07 Å². The zero-order valence-electron chi connectivity index (χ0n) is 8.06. The lowest BCUT2D eigenvalue weighted by molar-refractivity contribution is 0.0514. The summed E-state index contributed by atoms with van der Waals surface area (Å²) < 4.78 is 4.66. The number of phenols is 1. The summed E-state index contributed by atoms with van der Waals surface area (Å²) in [5, 5.41) is 17.9. The molecule has 0 amide bonds. The van der Waals surface area contributed by atoms with Crippen molar-refractivity contribution in [3.63, 3.8) is 0 Å². The Labute approximate surface area is 85.9 Å². The van der Waals surface area contributed by atoms with Crippen LogP contribution in [0.3, 0.4) is 0 Å². The highest BCUT2D eigenvalue weighted by Crippen LogP contribution is 2.17. The molecule has 0 saturated heterocycles. The maximum absolute atomic E-state index is 11.3. The molecule has 0 atom stereocenters. The first kappa shape index (κ1) is 11.0. The first-order valence-electron chi connectivity index (χ1n) is 4.29. The SMILES string of the molecule is CCOC(=O)c1cc(O)ccc1C(=O)O. The van der Waals surface area contributed by atoms with Crippen molar-refractivity contribution in [2.24, 2.45) is 0 Å². The van der Waals surface area contributed by atoms with E-state index in [9.17, 15) is 9.59 Å². The number of ether oxygens (including phenoxy) is 1. The van der Waals surface area contributed by atoms with E-state index in [0.29, 0.717) is 0 Å². The van der Waals surface area contributed by atoms with Gasteiger partial charge in [0.25, 0.3) is 0 Å². The third-order valence-corrected chi connectivity index (χ3v) is 1.73. The maximum Gasteiger partial charge on any atom is 0.339 e. The molecule has 0 aromatic heterocycles. The van der Waals surface area contributed by atoms with Gasteiger partial charge in [0.05, 0.1) is 17.7 Å². The van der Waals surface area contributed by atoms with Crippen LogP contribution in [-0.2, 0) is 4.74 Å². The zero-order valence-corrected chi connectivity index (χ0v) is 8.06. The fourth-order valence-electron chi connectivity index (χ4n) is 1.10. The molecular weight excluding hydrogens is 200 g/mol. The van der Waals surface area contributed by atoms with Crippen LogP contribution in [0.5, 0.6) is 5.75 Å². The lowest BCUT2D eigenvalue weighted by atomic mass is 10.1. The van der Waals surface area contributed by atoms with Crippen LogP contribution in [0.15, 0.2) is 18.2 Å². The molecule has 0 aliphatic heterocycles. The minimum absolute atomic E-state index is 0.146. The van der Waals surface area contributed by atoms with Gasteiger partial charge in [0.1, 0.15) is 5.75 Å². The Balaban J connectivity index is 3.18. The van der Waals surface area contributed by atoms with Gasteiger partial charge in [0.15, 0.2) is 0 Å². The largest absolute Gasteiger partial charge is 0.508 e. The molecule has 0 saturated carbocycles. The predicted octanol–water partition coefficient (Wildman–Crippen LogP) is 1.27. The smallest absolute Gasteiger partial charge is 0.339 e. The third-order valence-electron chi connectivity index (χ3n) is 1.73. The number of carboxylic acid groups (broad SMARTS) is 1. The van der Waals surface area contributed by atoms with Crippen LogP contribution in [0.25, 0.3) is 0 Å². The highest BCUT2D eigenvalue weighted by molar-refractivity contribution is 6.02. The van der Waals surface area contributed by atoms with E-state index in [4.69, 9.17) is 10.2 Å². The number of carboxylic acids is 1. The van der Waals surface area contributed by atoms with Gasteiger partial charge in [-0.1, -0.05) is 0 Å². The van der Waals surface area contributed by atoms with Crippen LogP contribution in [0.4, 0.5) is 0 Å². The van der Waals surface area contributed by atoms with E-state index in [-0.39, 0.29) is 23.5 Å². The van der Waals surface area contributed by atoms with Gasteiger partial charge in [-0.2, -0.15) is 0 Å². The molecule has 2 N–H and O–H groups in total. The molecular formula is C10H10O5. The van der Waals surface area contributed by atoms with Crippen molar-refractivity contribution >= 4 is 11.9 Å². The maximum atomic E-state index is 11.3. The van der Waals surface area contributed by atoms with Crippen molar-refractivity contribution in [1.29, 1.82) is 0 Å². The van der Waals surface area contributed by atoms with Gasteiger partial charge in [-0.25, -0.2) is 9.59 Å². The second-order valence-corrected chi connectivity index (χ2v) is 2.76. The summed E-state index contributed by atoms with van der Waals surface area (Å²) in [6, 6.07) is 3.43. The van der Waals surface area contributed by atoms with E-state index >= 15 is 0 Å². The van der Waals surface area contributed by atoms with E-state index in [2.05, 4.69) is 4.74 Å². The first-order valence-corrected chi connectivity index (χ1v) is 4.29. The van der Waals surface area contributed by atoms with Gasteiger partial charge in [0, 0.05) is 0 Å². The van der Waals surface area contributed by atoms with E-state index in [1.54, 1.807) is 6.92 Å². The fraction of sp³-hybridized carbons (Fsp3) is 0.200. The molecule has 0 aliphatic rings. The Kier molecular flexibility index (Phi) is 3.28. The van der Waals surface area contributed by atoms with Gasteiger partial charge in [-0.15, -0.1) is 0 Å². The van der Waals surface area contributed by atoms with Gasteiger partial charge in [-0.05, 0) is 25.1 Å². The lowest BCUT2D eigenvalue weighted by Crippen LogP contribution is -2.11. The molecule has 1 rings (SSSR count). The quantitative estimate of drug-likeness (QED) is 0.734. The molecule has 80 valence electrons. The Bertz CT molecular complexity index is 397. The summed E-state index contributed by atoms with van der Waals surface area (Å²) in [6.07, 6.45) is 0.